The van der Waals surface area contributed by atoms with Crippen LogP contribution in [0.5, 0.6) is 0 Å². The van der Waals surface area contributed by atoms with E-state index in [4.69, 9.17) is 5.73 Å². The molecule has 1 atom stereocenters. The predicted octanol–water partition coefficient (Wildman–Crippen LogP) is 0.955. The second-order valence-electron chi connectivity index (χ2n) is 5.13. The van der Waals surface area contributed by atoms with E-state index in [0.717, 1.165) is 11.3 Å². The van der Waals surface area contributed by atoms with E-state index in [2.05, 4.69) is 5.32 Å². The van der Waals surface area contributed by atoms with Gasteiger partial charge in [-0.05, 0) is 38.4 Å². The number of aryl methyl sites for hydroxylation is 1. The lowest BCUT2D eigenvalue weighted by atomic mass is 10.2. The maximum atomic E-state index is 12.3. The molecule has 0 bridgehead atoms. The minimum absolute atomic E-state index is 0.0325. The topological polar surface area (TPSA) is 75.4 Å². The molecule has 1 aromatic carbocycles. The zero-order valence-electron chi connectivity index (χ0n) is 11.8. The van der Waals surface area contributed by atoms with Crippen molar-refractivity contribution in [1.82, 2.24) is 5.32 Å². The maximum Gasteiger partial charge on any atom is 0.249 e. The highest BCUT2D eigenvalue weighted by atomic mass is 16.2. The van der Waals surface area contributed by atoms with Crippen LogP contribution in [0.2, 0.25) is 0 Å². The maximum absolute atomic E-state index is 12.3. The molecule has 108 valence electrons. The Hall–Kier alpha value is -1.88. The smallest absolute Gasteiger partial charge is 0.249 e. The van der Waals surface area contributed by atoms with Crippen molar-refractivity contribution in [1.29, 1.82) is 0 Å². The van der Waals surface area contributed by atoms with E-state index >= 15 is 0 Å². The second kappa shape index (κ2) is 6.52. The molecule has 0 radical (unpaired) electrons. The largest absolute Gasteiger partial charge is 0.344 e. The molecule has 20 heavy (non-hydrogen) atoms. The number of nitrogens with two attached hydrogens (primary N) is 1. The molecule has 5 nitrogen and oxygen atoms in total. The van der Waals surface area contributed by atoms with E-state index in [9.17, 15) is 9.59 Å². The van der Waals surface area contributed by atoms with Gasteiger partial charge in [0.25, 0.3) is 0 Å². The van der Waals surface area contributed by atoms with Crippen LogP contribution in [-0.2, 0) is 9.59 Å². The first-order valence-corrected chi connectivity index (χ1v) is 6.99. The van der Waals surface area contributed by atoms with E-state index in [-0.39, 0.29) is 11.8 Å². The van der Waals surface area contributed by atoms with Gasteiger partial charge in [0.15, 0.2) is 0 Å². The quantitative estimate of drug-likeness (QED) is 0.840. The van der Waals surface area contributed by atoms with Gasteiger partial charge in [-0.3, -0.25) is 9.59 Å². The van der Waals surface area contributed by atoms with E-state index < -0.39 is 6.04 Å². The van der Waals surface area contributed by atoms with Gasteiger partial charge in [-0.2, -0.15) is 0 Å². The first-order valence-electron chi connectivity index (χ1n) is 6.99. The monoisotopic (exact) mass is 275 g/mol. The summed E-state index contributed by atoms with van der Waals surface area (Å²) >= 11 is 0. The standard InChI is InChI=1S/C15H21N3O2/c1-11-4-6-12(7-5-11)18-10-8-13(15(18)20)17-14(19)3-2-9-16/h4-7,13H,2-3,8-10,16H2,1H3,(H,17,19). The zero-order valence-corrected chi connectivity index (χ0v) is 11.8. The van der Waals surface area contributed by atoms with Crippen LogP contribution in [-0.4, -0.2) is 30.9 Å². The molecule has 3 N–H and O–H groups in total. The summed E-state index contributed by atoms with van der Waals surface area (Å²) in [4.78, 5) is 25.7. The van der Waals surface area contributed by atoms with Gasteiger partial charge < -0.3 is 16.0 Å². The highest BCUT2D eigenvalue weighted by Crippen LogP contribution is 2.22. The van der Waals surface area contributed by atoms with Crippen molar-refractivity contribution in [2.24, 2.45) is 5.73 Å². The Balaban J connectivity index is 1.95. The van der Waals surface area contributed by atoms with Gasteiger partial charge in [-0.15, -0.1) is 0 Å². The van der Waals surface area contributed by atoms with Gasteiger partial charge in [0.2, 0.25) is 11.8 Å². The number of nitrogens with one attached hydrogen (secondary N) is 1. The van der Waals surface area contributed by atoms with Crippen molar-refractivity contribution in [3.63, 3.8) is 0 Å². The fraction of sp³-hybridized carbons (Fsp3) is 0.467. The number of hydrogen-bond donors (Lipinski definition) is 2. The summed E-state index contributed by atoms with van der Waals surface area (Å²) in [6, 6.07) is 7.44. The van der Waals surface area contributed by atoms with E-state index in [1.807, 2.05) is 31.2 Å². The first-order chi connectivity index (χ1) is 9.61. The first kappa shape index (κ1) is 14.5. The third-order valence-corrected chi connectivity index (χ3v) is 3.49. The molecule has 1 unspecified atom stereocenters. The van der Waals surface area contributed by atoms with Crippen LogP contribution in [0.25, 0.3) is 0 Å². The normalized spacial score (nSPS) is 18.4. The van der Waals surface area contributed by atoms with E-state index in [1.54, 1.807) is 4.90 Å². The molecular weight excluding hydrogens is 254 g/mol. The molecule has 1 aliphatic heterocycles. The summed E-state index contributed by atoms with van der Waals surface area (Å²) in [5, 5.41) is 2.79. The zero-order chi connectivity index (χ0) is 14.5. The summed E-state index contributed by atoms with van der Waals surface area (Å²) in [7, 11) is 0. The highest BCUT2D eigenvalue weighted by Gasteiger charge is 2.33. The lowest BCUT2D eigenvalue weighted by Gasteiger charge is -2.17. The Labute approximate surface area is 119 Å². The van der Waals surface area contributed by atoms with Crippen molar-refractivity contribution in [3.8, 4) is 0 Å². The van der Waals surface area contributed by atoms with Crippen LogP contribution in [0.4, 0.5) is 5.69 Å². The second-order valence-corrected chi connectivity index (χ2v) is 5.13. The summed E-state index contributed by atoms with van der Waals surface area (Å²) in [6.45, 7) is 3.14. The number of benzene rings is 1. The molecule has 2 amide bonds. The number of anilines is 1. The Morgan fingerprint density at radius 1 is 1.40 bits per heavy atom. The lowest BCUT2D eigenvalue weighted by molar-refractivity contribution is -0.126. The number of nitrogens with zero attached hydrogens (tertiary/aromatic N) is 1. The number of carbonyl (C=O) groups is 2. The summed E-state index contributed by atoms with van der Waals surface area (Å²) in [5.41, 5.74) is 7.41. The molecule has 1 aliphatic rings. The molecule has 0 aromatic heterocycles. The third-order valence-electron chi connectivity index (χ3n) is 3.49. The van der Waals surface area contributed by atoms with Gasteiger partial charge in [0.1, 0.15) is 6.04 Å². The molecule has 2 rings (SSSR count). The molecule has 1 aromatic rings. The summed E-state index contributed by atoms with van der Waals surface area (Å²) in [6.07, 6.45) is 1.68. The van der Waals surface area contributed by atoms with Crippen LogP contribution >= 0.6 is 0 Å². The third kappa shape index (κ3) is 3.36. The SMILES string of the molecule is Cc1ccc(N2CCC(NC(=O)CCCN)C2=O)cc1. The summed E-state index contributed by atoms with van der Waals surface area (Å²) < 4.78 is 0. The van der Waals surface area contributed by atoms with Crippen molar-refractivity contribution >= 4 is 17.5 Å². The molecule has 5 heteroatoms. The van der Waals surface area contributed by atoms with Crippen LogP contribution in [0, 0.1) is 6.92 Å². The van der Waals surface area contributed by atoms with Crippen LogP contribution < -0.4 is 16.0 Å². The molecule has 1 saturated heterocycles. The fourth-order valence-corrected chi connectivity index (χ4v) is 2.32. The summed E-state index contributed by atoms with van der Waals surface area (Å²) in [5.74, 6) is -0.130. The molecule has 1 heterocycles. The van der Waals surface area contributed by atoms with Crippen LogP contribution in [0.1, 0.15) is 24.8 Å². The highest BCUT2D eigenvalue weighted by molar-refractivity contribution is 6.01. The number of hydrogen-bond acceptors (Lipinski definition) is 3. The van der Waals surface area contributed by atoms with Crippen molar-refractivity contribution in [3.05, 3.63) is 29.8 Å². The van der Waals surface area contributed by atoms with Crippen molar-refractivity contribution < 1.29 is 9.59 Å². The average molecular weight is 275 g/mol. The van der Waals surface area contributed by atoms with Gasteiger partial charge in [-0.1, -0.05) is 17.7 Å². The van der Waals surface area contributed by atoms with Crippen molar-refractivity contribution in [2.45, 2.75) is 32.2 Å². The van der Waals surface area contributed by atoms with Gasteiger partial charge >= 0.3 is 0 Å². The minimum Gasteiger partial charge on any atom is -0.344 e. The van der Waals surface area contributed by atoms with Crippen LogP contribution in [0.3, 0.4) is 0 Å². The lowest BCUT2D eigenvalue weighted by Crippen LogP contribution is -2.41. The molecular formula is C15H21N3O2. The fourth-order valence-electron chi connectivity index (χ4n) is 2.32. The van der Waals surface area contributed by atoms with Gasteiger partial charge in [0.05, 0.1) is 0 Å². The molecule has 0 saturated carbocycles. The minimum atomic E-state index is -0.401. The van der Waals surface area contributed by atoms with Gasteiger partial charge in [0, 0.05) is 18.7 Å². The van der Waals surface area contributed by atoms with E-state index in [0.29, 0.717) is 32.4 Å². The Kier molecular flexibility index (Phi) is 4.74. The Bertz CT molecular complexity index is 484. The van der Waals surface area contributed by atoms with Gasteiger partial charge in [-0.25, -0.2) is 0 Å². The van der Waals surface area contributed by atoms with E-state index in [1.165, 1.54) is 0 Å². The Morgan fingerprint density at radius 3 is 2.75 bits per heavy atom. The predicted molar refractivity (Wildman–Crippen MR) is 78.4 cm³/mol. The number of rotatable bonds is 5. The van der Waals surface area contributed by atoms with Crippen molar-refractivity contribution in [2.75, 3.05) is 18.0 Å². The average Bonchev–Trinajstić information content (AvgIpc) is 2.79. The molecule has 1 fully saturated rings. The number of amides is 2. The number of carbonyl (C=O) groups excluding carboxylic acids is 2. The van der Waals surface area contributed by atoms with Crippen LogP contribution in [0.15, 0.2) is 24.3 Å². The Morgan fingerprint density at radius 2 is 2.10 bits per heavy atom. The molecule has 0 aliphatic carbocycles. The molecule has 0 spiro atoms.